The summed E-state index contributed by atoms with van der Waals surface area (Å²) in [5.41, 5.74) is 0. The molecule has 2 nitrogen and oxygen atoms in total. The number of unbranched alkanes of at least 4 members (excludes halogenated alkanes) is 3. The molecule has 1 fully saturated rings. The lowest BCUT2D eigenvalue weighted by Crippen LogP contribution is -2.51. The van der Waals surface area contributed by atoms with E-state index in [-0.39, 0.29) is 0 Å². The predicted octanol–water partition coefficient (Wildman–Crippen LogP) is 3.70. The molecule has 0 aromatic carbocycles. The second kappa shape index (κ2) is 7.91. The molecule has 100 valence electrons. The Morgan fingerprint density at radius 1 is 1.18 bits per heavy atom. The monoisotopic (exact) mass is 256 g/mol. The molecule has 17 heavy (non-hydrogen) atoms. The smallest absolute Gasteiger partial charge is 0.169 e. The molecule has 0 unspecified atom stereocenters. The minimum Gasteiger partial charge on any atom is -0.363 e. The molecule has 0 aromatic heterocycles. The van der Waals surface area contributed by atoms with Crippen molar-refractivity contribution in [3.05, 3.63) is 0 Å². The van der Waals surface area contributed by atoms with Crippen molar-refractivity contribution in [2.24, 2.45) is 0 Å². The first-order valence-corrected chi connectivity index (χ1v) is 7.63. The Hall–Kier alpha value is -0.310. The number of rotatable bonds is 5. The molecule has 3 heteroatoms. The van der Waals surface area contributed by atoms with Crippen LogP contribution in [0.2, 0.25) is 0 Å². The van der Waals surface area contributed by atoms with E-state index < -0.39 is 0 Å². The lowest BCUT2D eigenvalue weighted by atomic mass is 9.98. The summed E-state index contributed by atoms with van der Waals surface area (Å²) in [6.45, 7) is 7.87. The van der Waals surface area contributed by atoms with Crippen molar-refractivity contribution in [3.8, 4) is 0 Å². The van der Waals surface area contributed by atoms with Crippen LogP contribution in [0.25, 0.3) is 0 Å². The minimum atomic E-state index is 0.606. The zero-order chi connectivity index (χ0) is 12.7. The average molecular weight is 256 g/mol. The maximum absolute atomic E-state index is 5.52. The molecular formula is C14H28N2S. The fourth-order valence-electron chi connectivity index (χ4n) is 2.66. The van der Waals surface area contributed by atoms with Crippen LogP contribution in [0.4, 0.5) is 0 Å². The fourth-order valence-corrected chi connectivity index (χ4v) is 3.12. The van der Waals surface area contributed by atoms with Gasteiger partial charge in [-0.05, 0) is 51.7 Å². The molecule has 1 aliphatic rings. The van der Waals surface area contributed by atoms with E-state index in [0.717, 1.165) is 11.7 Å². The molecule has 0 aromatic rings. The molecule has 1 saturated heterocycles. The van der Waals surface area contributed by atoms with Crippen LogP contribution in [0.15, 0.2) is 0 Å². The maximum Gasteiger partial charge on any atom is 0.169 e. The number of likely N-dealkylation sites (tertiary alicyclic amines) is 1. The highest BCUT2D eigenvalue weighted by Crippen LogP contribution is 2.22. The van der Waals surface area contributed by atoms with E-state index in [0.29, 0.717) is 12.1 Å². The second-order valence-corrected chi connectivity index (χ2v) is 5.72. The van der Waals surface area contributed by atoms with E-state index in [2.05, 4.69) is 31.0 Å². The van der Waals surface area contributed by atoms with Gasteiger partial charge in [0.05, 0.1) is 0 Å². The van der Waals surface area contributed by atoms with Gasteiger partial charge in [-0.1, -0.05) is 26.2 Å². The van der Waals surface area contributed by atoms with Crippen molar-refractivity contribution in [3.63, 3.8) is 0 Å². The van der Waals surface area contributed by atoms with E-state index in [9.17, 15) is 0 Å². The SMILES string of the molecule is CCCCCCNC(=S)N1[C@H](C)CCC[C@@H]1C. The van der Waals surface area contributed by atoms with Crippen LogP contribution in [0.1, 0.15) is 65.7 Å². The summed E-state index contributed by atoms with van der Waals surface area (Å²) >= 11 is 5.52. The summed E-state index contributed by atoms with van der Waals surface area (Å²) < 4.78 is 0. The molecule has 1 rings (SSSR count). The molecule has 0 bridgehead atoms. The van der Waals surface area contributed by atoms with E-state index in [1.54, 1.807) is 0 Å². The van der Waals surface area contributed by atoms with Crippen molar-refractivity contribution >= 4 is 17.3 Å². The third kappa shape index (κ3) is 4.82. The van der Waals surface area contributed by atoms with Gasteiger partial charge in [0.25, 0.3) is 0 Å². The van der Waals surface area contributed by atoms with Crippen LogP contribution < -0.4 is 5.32 Å². The summed E-state index contributed by atoms with van der Waals surface area (Å²) in [5.74, 6) is 0. The minimum absolute atomic E-state index is 0.606. The molecule has 1 aliphatic heterocycles. The van der Waals surface area contributed by atoms with Crippen molar-refractivity contribution in [2.75, 3.05) is 6.54 Å². The summed E-state index contributed by atoms with van der Waals surface area (Å²) in [6.07, 6.45) is 9.10. The molecule has 0 amide bonds. The first-order chi connectivity index (χ1) is 8.16. The third-order valence-electron chi connectivity index (χ3n) is 3.73. The highest BCUT2D eigenvalue weighted by atomic mass is 32.1. The zero-order valence-corrected chi connectivity index (χ0v) is 12.5. The number of hydrogen-bond acceptors (Lipinski definition) is 1. The molecule has 0 radical (unpaired) electrons. The number of thiocarbonyl (C=S) groups is 1. The highest BCUT2D eigenvalue weighted by Gasteiger charge is 2.26. The average Bonchev–Trinajstić information content (AvgIpc) is 2.28. The van der Waals surface area contributed by atoms with Crippen LogP contribution >= 0.6 is 12.2 Å². The topological polar surface area (TPSA) is 15.3 Å². The summed E-state index contributed by atoms with van der Waals surface area (Å²) in [7, 11) is 0. The molecular weight excluding hydrogens is 228 g/mol. The standard InChI is InChI=1S/C14H28N2S/c1-4-5-6-7-11-15-14(17)16-12(2)9-8-10-13(16)3/h12-13H,4-11H2,1-3H3,(H,15,17)/t12-,13+. The number of nitrogens with zero attached hydrogens (tertiary/aromatic N) is 1. The third-order valence-corrected chi connectivity index (χ3v) is 4.09. The maximum atomic E-state index is 5.52. The van der Waals surface area contributed by atoms with Crippen LogP contribution in [0.3, 0.4) is 0 Å². The van der Waals surface area contributed by atoms with Gasteiger partial charge in [-0.25, -0.2) is 0 Å². The highest BCUT2D eigenvalue weighted by molar-refractivity contribution is 7.80. The van der Waals surface area contributed by atoms with Crippen molar-refractivity contribution in [1.29, 1.82) is 0 Å². The van der Waals surface area contributed by atoms with E-state index in [1.807, 2.05) is 0 Å². The Morgan fingerprint density at radius 2 is 1.82 bits per heavy atom. The van der Waals surface area contributed by atoms with Gasteiger partial charge < -0.3 is 10.2 Å². The van der Waals surface area contributed by atoms with Gasteiger partial charge in [-0.3, -0.25) is 0 Å². The first-order valence-electron chi connectivity index (χ1n) is 7.23. The molecule has 1 heterocycles. The van der Waals surface area contributed by atoms with Crippen LogP contribution in [0.5, 0.6) is 0 Å². The lowest BCUT2D eigenvalue weighted by Gasteiger charge is -2.41. The predicted molar refractivity (Wildman–Crippen MR) is 79.4 cm³/mol. The first kappa shape index (κ1) is 14.7. The number of piperidine rings is 1. The Bertz CT molecular complexity index is 220. The van der Waals surface area contributed by atoms with Crippen LogP contribution in [-0.2, 0) is 0 Å². The number of hydrogen-bond donors (Lipinski definition) is 1. The molecule has 0 saturated carbocycles. The van der Waals surface area contributed by atoms with Crippen molar-refractivity contribution in [1.82, 2.24) is 10.2 Å². The van der Waals surface area contributed by atoms with Gasteiger partial charge in [0.15, 0.2) is 5.11 Å². The van der Waals surface area contributed by atoms with E-state index in [1.165, 1.54) is 44.9 Å². The van der Waals surface area contributed by atoms with Gasteiger partial charge in [0.1, 0.15) is 0 Å². The van der Waals surface area contributed by atoms with Gasteiger partial charge >= 0.3 is 0 Å². The van der Waals surface area contributed by atoms with Gasteiger partial charge in [0.2, 0.25) is 0 Å². The largest absolute Gasteiger partial charge is 0.363 e. The van der Waals surface area contributed by atoms with E-state index >= 15 is 0 Å². The quantitative estimate of drug-likeness (QED) is 0.596. The van der Waals surface area contributed by atoms with Crippen molar-refractivity contribution in [2.45, 2.75) is 77.8 Å². The molecule has 0 aliphatic carbocycles. The normalized spacial score (nSPS) is 24.8. The van der Waals surface area contributed by atoms with Gasteiger partial charge in [-0.2, -0.15) is 0 Å². The van der Waals surface area contributed by atoms with Gasteiger partial charge in [-0.15, -0.1) is 0 Å². The Balaban J connectivity index is 2.25. The number of nitrogens with one attached hydrogen (secondary N) is 1. The molecule has 1 N–H and O–H groups in total. The van der Waals surface area contributed by atoms with Crippen LogP contribution in [0, 0.1) is 0 Å². The fraction of sp³-hybridized carbons (Fsp3) is 0.929. The Morgan fingerprint density at radius 3 is 2.41 bits per heavy atom. The second-order valence-electron chi connectivity index (χ2n) is 5.33. The Labute approximate surface area is 112 Å². The lowest BCUT2D eigenvalue weighted by molar-refractivity contribution is 0.189. The van der Waals surface area contributed by atoms with Crippen molar-refractivity contribution < 1.29 is 0 Å². The summed E-state index contributed by atoms with van der Waals surface area (Å²) in [4.78, 5) is 2.40. The molecule has 2 atom stereocenters. The van der Waals surface area contributed by atoms with Crippen LogP contribution in [-0.4, -0.2) is 28.6 Å². The Kier molecular flexibility index (Phi) is 6.86. The summed E-state index contributed by atoms with van der Waals surface area (Å²) in [6, 6.07) is 1.21. The zero-order valence-electron chi connectivity index (χ0n) is 11.7. The van der Waals surface area contributed by atoms with E-state index in [4.69, 9.17) is 12.2 Å². The molecule has 0 spiro atoms. The summed E-state index contributed by atoms with van der Waals surface area (Å²) in [5, 5.41) is 4.40. The van der Waals surface area contributed by atoms with Gasteiger partial charge in [0, 0.05) is 18.6 Å².